The van der Waals surface area contributed by atoms with E-state index in [4.69, 9.17) is 11.6 Å². The molecule has 0 amide bonds. The Hall–Kier alpha value is -0.530. The van der Waals surface area contributed by atoms with Gasteiger partial charge in [-0.2, -0.15) is 0 Å². The van der Waals surface area contributed by atoms with Crippen molar-refractivity contribution in [3.8, 4) is 0 Å². The number of hydrogen-bond acceptors (Lipinski definition) is 1. The summed E-state index contributed by atoms with van der Waals surface area (Å²) in [6, 6.07) is 8.29. The van der Waals surface area contributed by atoms with E-state index in [-0.39, 0.29) is 0 Å². The van der Waals surface area contributed by atoms with Crippen molar-refractivity contribution in [2.75, 3.05) is 13.1 Å². The van der Waals surface area contributed by atoms with E-state index in [9.17, 15) is 0 Å². The van der Waals surface area contributed by atoms with Crippen molar-refractivity contribution in [3.05, 3.63) is 34.9 Å². The standard InChI is InChI=1S/C12H14ClN/c13-12-4-2-1-3-9(12)10-5-8-6-14-7-11(8)10/h1-4,8,10-11,14H,5-7H2/t8-,10+,11-/m1/s1. The van der Waals surface area contributed by atoms with Gasteiger partial charge in [0.1, 0.15) is 0 Å². The molecule has 1 heterocycles. The SMILES string of the molecule is Clc1ccccc1[C@@H]1C[C@@H]2CNC[C@H]21. The molecular formula is C12H14ClN. The molecule has 0 aromatic heterocycles. The molecule has 0 radical (unpaired) electrons. The van der Waals surface area contributed by atoms with Crippen molar-refractivity contribution in [2.45, 2.75) is 12.3 Å². The van der Waals surface area contributed by atoms with E-state index >= 15 is 0 Å². The van der Waals surface area contributed by atoms with Gasteiger partial charge >= 0.3 is 0 Å². The number of nitrogens with one attached hydrogen (secondary N) is 1. The normalized spacial score (nSPS) is 35.1. The highest BCUT2D eigenvalue weighted by molar-refractivity contribution is 6.31. The summed E-state index contributed by atoms with van der Waals surface area (Å²) in [5.41, 5.74) is 1.36. The fourth-order valence-corrected chi connectivity index (χ4v) is 3.20. The topological polar surface area (TPSA) is 12.0 Å². The average Bonchev–Trinajstić information content (AvgIpc) is 2.52. The first-order chi connectivity index (χ1) is 6.86. The van der Waals surface area contributed by atoms with Gasteiger partial charge in [-0.05, 0) is 48.9 Å². The van der Waals surface area contributed by atoms with Gasteiger partial charge in [0, 0.05) is 5.02 Å². The van der Waals surface area contributed by atoms with Crippen LogP contribution in [0.25, 0.3) is 0 Å². The molecule has 0 unspecified atom stereocenters. The van der Waals surface area contributed by atoms with Gasteiger partial charge in [-0.1, -0.05) is 29.8 Å². The van der Waals surface area contributed by atoms with Gasteiger partial charge in [0.05, 0.1) is 0 Å². The van der Waals surface area contributed by atoms with Crippen molar-refractivity contribution in [1.29, 1.82) is 0 Å². The van der Waals surface area contributed by atoms with Gasteiger partial charge in [-0.15, -0.1) is 0 Å². The molecule has 1 aromatic rings. The van der Waals surface area contributed by atoms with Gasteiger partial charge in [0.2, 0.25) is 0 Å². The minimum atomic E-state index is 0.712. The Bertz CT molecular complexity index is 350. The van der Waals surface area contributed by atoms with Crippen LogP contribution in [0.15, 0.2) is 24.3 Å². The Morgan fingerprint density at radius 3 is 2.86 bits per heavy atom. The zero-order valence-electron chi connectivity index (χ0n) is 8.04. The molecule has 0 spiro atoms. The molecule has 74 valence electrons. The molecule has 1 saturated heterocycles. The lowest BCUT2D eigenvalue weighted by Gasteiger charge is -2.40. The summed E-state index contributed by atoms with van der Waals surface area (Å²) in [6.07, 6.45) is 1.32. The maximum atomic E-state index is 6.20. The molecule has 14 heavy (non-hydrogen) atoms. The van der Waals surface area contributed by atoms with E-state index < -0.39 is 0 Å². The minimum Gasteiger partial charge on any atom is -0.316 e. The van der Waals surface area contributed by atoms with E-state index in [0.717, 1.165) is 16.9 Å². The maximum absolute atomic E-state index is 6.20. The molecule has 3 atom stereocenters. The number of fused-ring (bicyclic) bond motifs is 1. The monoisotopic (exact) mass is 207 g/mol. The van der Waals surface area contributed by atoms with Gasteiger partial charge < -0.3 is 5.32 Å². The molecule has 1 nitrogen and oxygen atoms in total. The molecule has 1 N–H and O–H groups in total. The van der Waals surface area contributed by atoms with Crippen LogP contribution in [0, 0.1) is 11.8 Å². The Morgan fingerprint density at radius 2 is 2.07 bits per heavy atom. The third-order valence-electron chi connectivity index (χ3n) is 3.77. The summed E-state index contributed by atoms with van der Waals surface area (Å²) >= 11 is 6.20. The van der Waals surface area contributed by atoms with Crippen molar-refractivity contribution >= 4 is 11.6 Å². The Labute approximate surface area is 89.5 Å². The summed E-state index contributed by atoms with van der Waals surface area (Å²) in [4.78, 5) is 0. The molecule has 1 aromatic carbocycles. The fraction of sp³-hybridized carbons (Fsp3) is 0.500. The zero-order chi connectivity index (χ0) is 9.54. The molecule has 2 heteroatoms. The van der Waals surface area contributed by atoms with E-state index in [0.29, 0.717) is 5.92 Å². The van der Waals surface area contributed by atoms with Gasteiger partial charge in [-0.25, -0.2) is 0 Å². The van der Waals surface area contributed by atoms with E-state index in [1.54, 1.807) is 0 Å². The predicted molar refractivity (Wildman–Crippen MR) is 58.7 cm³/mol. The van der Waals surface area contributed by atoms with Crippen LogP contribution in [0.3, 0.4) is 0 Å². The summed E-state index contributed by atoms with van der Waals surface area (Å²) in [5.74, 6) is 2.47. The van der Waals surface area contributed by atoms with Gasteiger partial charge in [0.25, 0.3) is 0 Å². The number of halogens is 1. The number of benzene rings is 1. The summed E-state index contributed by atoms with van der Waals surface area (Å²) < 4.78 is 0. The van der Waals surface area contributed by atoms with Gasteiger partial charge in [0.15, 0.2) is 0 Å². The Morgan fingerprint density at radius 1 is 1.21 bits per heavy atom. The smallest absolute Gasteiger partial charge is 0.0440 e. The molecule has 2 aliphatic rings. The highest BCUT2D eigenvalue weighted by Crippen LogP contribution is 2.50. The predicted octanol–water partition coefficient (Wildman–Crippen LogP) is 2.66. The van der Waals surface area contributed by atoms with Crippen molar-refractivity contribution in [2.24, 2.45) is 11.8 Å². The Balaban J connectivity index is 1.87. The van der Waals surface area contributed by atoms with Crippen LogP contribution in [-0.4, -0.2) is 13.1 Å². The van der Waals surface area contributed by atoms with E-state index in [1.165, 1.54) is 25.1 Å². The van der Waals surface area contributed by atoms with Crippen LogP contribution in [-0.2, 0) is 0 Å². The first kappa shape index (κ1) is 8.75. The van der Waals surface area contributed by atoms with Crippen molar-refractivity contribution < 1.29 is 0 Å². The number of hydrogen-bond donors (Lipinski definition) is 1. The minimum absolute atomic E-state index is 0.712. The lowest BCUT2D eigenvalue weighted by molar-refractivity contribution is 0.191. The summed E-state index contributed by atoms with van der Waals surface area (Å²) in [6.45, 7) is 2.40. The van der Waals surface area contributed by atoms with Crippen molar-refractivity contribution in [3.63, 3.8) is 0 Å². The van der Waals surface area contributed by atoms with Crippen molar-refractivity contribution in [1.82, 2.24) is 5.32 Å². The summed E-state index contributed by atoms with van der Waals surface area (Å²) in [5, 5.41) is 4.41. The molecule has 2 fully saturated rings. The van der Waals surface area contributed by atoms with Crippen LogP contribution < -0.4 is 5.32 Å². The average molecular weight is 208 g/mol. The maximum Gasteiger partial charge on any atom is 0.0440 e. The van der Waals surface area contributed by atoms with Crippen LogP contribution in [0.2, 0.25) is 5.02 Å². The molecule has 3 rings (SSSR count). The van der Waals surface area contributed by atoms with Crippen LogP contribution in [0.5, 0.6) is 0 Å². The third kappa shape index (κ3) is 1.19. The Kier molecular flexibility index (Phi) is 2.03. The second-order valence-corrected chi connectivity index (χ2v) is 4.85. The fourth-order valence-electron chi connectivity index (χ4n) is 2.92. The molecule has 1 aliphatic carbocycles. The largest absolute Gasteiger partial charge is 0.316 e. The molecular weight excluding hydrogens is 194 g/mol. The van der Waals surface area contributed by atoms with Gasteiger partial charge in [-0.3, -0.25) is 0 Å². The van der Waals surface area contributed by atoms with E-state index in [2.05, 4.69) is 17.4 Å². The molecule has 1 aliphatic heterocycles. The molecule has 0 bridgehead atoms. The highest BCUT2D eigenvalue weighted by atomic mass is 35.5. The van der Waals surface area contributed by atoms with E-state index in [1.807, 2.05) is 12.1 Å². The second kappa shape index (κ2) is 3.25. The first-order valence-corrected chi connectivity index (χ1v) is 5.69. The highest BCUT2D eigenvalue weighted by Gasteiger charge is 2.44. The first-order valence-electron chi connectivity index (χ1n) is 5.31. The zero-order valence-corrected chi connectivity index (χ0v) is 8.80. The van der Waals surface area contributed by atoms with Crippen LogP contribution >= 0.6 is 11.6 Å². The van der Waals surface area contributed by atoms with Crippen LogP contribution in [0.4, 0.5) is 0 Å². The quantitative estimate of drug-likeness (QED) is 0.747. The lowest BCUT2D eigenvalue weighted by atomic mass is 9.64. The second-order valence-electron chi connectivity index (χ2n) is 4.45. The summed E-state index contributed by atoms with van der Waals surface area (Å²) in [7, 11) is 0. The van der Waals surface area contributed by atoms with Crippen LogP contribution in [0.1, 0.15) is 17.9 Å². The lowest BCUT2D eigenvalue weighted by Crippen LogP contribution is -2.33. The molecule has 1 saturated carbocycles. The number of rotatable bonds is 1. The third-order valence-corrected chi connectivity index (χ3v) is 4.11.